The summed E-state index contributed by atoms with van der Waals surface area (Å²) in [6.45, 7) is 5.97. The number of esters is 1. The second-order valence-corrected chi connectivity index (χ2v) is 6.02. The first kappa shape index (κ1) is 18.0. The third-order valence-corrected chi connectivity index (χ3v) is 3.01. The van der Waals surface area contributed by atoms with Gasteiger partial charge in [0, 0.05) is 13.0 Å². The van der Waals surface area contributed by atoms with E-state index in [0.717, 1.165) is 11.1 Å². The van der Waals surface area contributed by atoms with Crippen molar-refractivity contribution in [1.29, 1.82) is 0 Å². The Bertz CT molecular complexity index is 506. The lowest BCUT2D eigenvalue weighted by Crippen LogP contribution is -2.33. The van der Waals surface area contributed by atoms with Gasteiger partial charge in [0.05, 0.1) is 7.11 Å². The summed E-state index contributed by atoms with van der Waals surface area (Å²) < 4.78 is 9.85. The van der Waals surface area contributed by atoms with Crippen molar-refractivity contribution in [3.8, 4) is 0 Å². The number of carbonyl (C=O) groups is 2. The largest absolute Gasteiger partial charge is 0.469 e. The molecule has 0 aliphatic rings. The molecule has 1 rings (SSSR count). The highest BCUT2D eigenvalue weighted by Crippen LogP contribution is 2.12. The third kappa shape index (κ3) is 7.11. The molecule has 0 aliphatic carbocycles. The summed E-state index contributed by atoms with van der Waals surface area (Å²) in [5.41, 5.74) is 1.71. The highest BCUT2D eigenvalue weighted by molar-refractivity contribution is 5.69. The first-order valence-corrected chi connectivity index (χ1v) is 7.42. The predicted molar refractivity (Wildman–Crippen MR) is 84.7 cm³/mol. The number of ether oxygens (including phenoxy) is 2. The number of aryl methyl sites for hydroxylation is 1. The molecule has 5 heteroatoms. The van der Waals surface area contributed by atoms with Gasteiger partial charge in [0.1, 0.15) is 5.60 Å². The molecule has 0 unspecified atom stereocenters. The smallest absolute Gasteiger partial charge is 0.407 e. The van der Waals surface area contributed by atoms with E-state index in [0.29, 0.717) is 25.8 Å². The number of alkyl carbamates (subject to hydrolysis) is 1. The predicted octanol–water partition coefficient (Wildman–Crippen LogP) is 2.86. The third-order valence-electron chi connectivity index (χ3n) is 3.01. The fraction of sp³-hybridized carbons (Fsp3) is 0.529. The number of benzene rings is 1. The normalized spacial score (nSPS) is 10.9. The molecular weight excluding hydrogens is 282 g/mol. The van der Waals surface area contributed by atoms with Crippen LogP contribution in [0.15, 0.2) is 24.3 Å². The van der Waals surface area contributed by atoms with Gasteiger partial charge in [-0.3, -0.25) is 4.79 Å². The van der Waals surface area contributed by atoms with Crippen LogP contribution in [0.3, 0.4) is 0 Å². The van der Waals surface area contributed by atoms with Crippen LogP contribution in [0.5, 0.6) is 0 Å². The summed E-state index contributed by atoms with van der Waals surface area (Å²) in [4.78, 5) is 22.8. The standard InChI is InChI=1S/C17H25NO4/c1-17(2,3)22-16(20)18-12-11-14-8-6-5-7-13(14)9-10-15(19)21-4/h5-8H,9-12H2,1-4H3,(H,18,20). The van der Waals surface area contributed by atoms with E-state index >= 15 is 0 Å². The van der Waals surface area contributed by atoms with Gasteiger partial charge in [-0.05, 0) is 44.7 Å². The molecule has 122 valence electrons. The summed E-state index contributed by atoms with van der Waals surface area (Å²) in [6, 6.07) is 7.89. The molecule has 1 aromatic rings. The summed E-state index contributed by atoms with van der Waals surface area (Å²) in [5, 5.41) is 2.74. The van der Waals surface area contributed by atoms with E-state index in [9.17, 15) is 9.59 Å². The Hall–Kier alpha value is -2.04. The Kier molecular flexibility index (Phi) is 6.89. The van der Waals surface area contributed by atoms with Gasteiger partial charge in [-0.2, -0.15) is 0 Å². The average Bonchev–Trinajstić information content (AvgIpc) is 2.44. The monoisotopic (exact) mass is 307 g/mol. The zero-order valence-corrected chi connectivity index (χ0v) is 13.8. The molecule has 0 saturated heterocycles. The topological polar surface area (TPSA) is 64.6 Å². The van der Waals surface area contributed by atoms with Gasteiger partial charge in [0.2, 0.25) is 0 Å². The van der Waals surface area contributed by atoms with Gasteiger partial charge in [-0.15, -0.1) is 0 Å². The fourth-order valence-electron chi connectivity index (χ4n) is 2.00. The molecule has 22 heavy (non-hydrogen) atoms. The number of rotatable bonds is 6. The minimum Gasteiger partial charge on any atom is -0.469 e. The van der Waals surface area contributed by atoms with Crippen LogP contribution in [0.2, 0.25) is 0 Å². The van der Waals surface area contributed by atoms with Crippen molar-refractivity contribution in [1.82, 2.24) is 5.32 Å². The highest BCUT2D eigenvalue weighted by Gasteiger charge is 2.15. The molecule has 0 radical (unpaired) electrons. The summed E-state index contributed by atoms with van der Waals surface area (Å²) in [6.07, 6.45) is 1.26. The molecular formula is C17H25NO4. The van der Waals surface area contributed by atoms with Gasteiger partial charge < -0.3 is 14.8 Å². The van der Waals surface area contributed by atoms with E-state index in [2.05, 4.69) is 10.1 Å². The van der Waals surface area contributed by atoms with E-state index in [1.807, 2.05) is 45.0 Å². The molecule has 5 nitrogen and oxygen atoms in total. The molecule has 0 aromatic heterocycles. The SMILES string of the molecule is COC(=O)CCc1ccccc1CCNC(=O)OC(C)(C)C. The summed E-state index contributed by atoms with van der Waals surface area (Å²) >= 11 is 0. The van der Waals surface area contributed by atoms with Crippen LogP contribution in [0.4, 0.5) is 4.79 Å². The summed E-state index contributed by atoms with van der Waals surface area (Å²) in [5.74, 6) is -0.221. The molecule has 0 atom stereocenters. The Morgan fingerprint density at radius 2 is 1.68 bits per heavy atom. The summed E-state index contributed by atoms with van der Waals surface area (Å²) in [7, 11) is 1.39. The molecule has 0 bridgehead atoms. The molecule has 0 heterocycles. The number of carbonyl (C=O) groups excluding carboxylic acids is 2. The lowest BCUT2D eigenvalue weighted by molar-refractivity contribution is -0.140. The quantitative estimate of drug-likeness (QED) is 0.821. The minimum atomic E-state index is -0.498. The molecule has 1 aromatic carbocycles. The number of methoxy groups -OCH3 is 1. The molecule has 0 spiro atoms. The Balaban J connectivity index is 2.49. The van der Waals surface area contributed by atoms with Gasteiger partial charge in [-0.1, -0.05) is 24.3 Å². The van der Waals surface area contributed by atoms with E-state index in [1.165, 1.54) is 7.11 Å². The second-order valence-electron chi connectivity index (χ2n) is 6.02. The number of amides is 1. The number of nitrogens with one attached hydrogen (secondary N) is 1. The van der Waals surface area contributed by atoms with E-state index in [1.54, 1.807) is 0 Å². The maximum atomic E-state index is 11.6. The first-order valence-electron chi connectivity index (χ1n) is 7.42. The number of hydrogen-bond acceptors (Lipinski definition) is 4. The van der Waals surface area contributed by atoms with Crippen LogP contribution in [0.25, 0.3) is 0 Å². The molecule has 1 amide bonds. The van der Waals surface area contributed by atoms with Gasteiger partial charge in [0.15, 0.2) is 0 Å². The lowest BCUT2D eigenvalue weighted by Gasteiger charge is -2.19. The van der Waals surface area contributed by atoms with Crippen molar-refractivity contribution in [3.05, 3.63) is 35.4 Å². The zero-order chi connectivity index (χ0) is 16.6. The maximum Gasteiger partial charge on any atom is 0.407 e. The van der Waals surface area contributed by atoms with Crippen molar-refractivity contribution in [2.24, 2.45) is 0 Å². The first-order chi connectivity index (χ1) is 10.3. The van der Waals surface area contributed by atoms with E-state index in [4.69, 9.17) is 4.74 Å². The Labute approximate surface area is 132 Å². The van der Waals surface area contributed by atoms with Crippen molar-refractivity contribution in [2.45, 2.75) is 45.6 Å². The second kappa shape index (κ2) is 8.41. The highest BCUT2D eigenvalue weighted by atomic mass is 16.6. The van der Waals surface area contributed by atoms with Gasteiger partial charge >= 0.3 is 12.1 Å². The van der Waals surface area contributed by atoms with Crippen molar-refractivity contribution >= 4 is 12.1 Å². The van der Waals surface area contributed by atoms with Crippen LogP contribution >= 0.6 is 0 Å². The van der Waals surface area contributed by atoms with Crippen LogP contribution in [-0.2, 0) is 27.1 Å². The molecule has 1 N–H and O–H groups in total. The fourth-order valence-corrected chi connectivity index (χ4v) is 2.00. The van der Waals surface area contributed by atoms with Crippen LogP contribution in [0.1, 0.15) is 38.3 Å². The lowest BCUT2D eigenvalue weighted by atomic mass is 10.0. The Morgan fingerprint density at radius 3 is 2.23 bits per heavy atom. The van der Waals surface area contributed by atoms with Crippen molar-refractivity contribution in [3.63, 3.8) is 0 Å². The average molecular weight is 307 g/mol. The molecule has 0 aliphatic heterocycles. The molecule has 0 saturated carbocycles. The van der Waals surface area contributed by atoms with Crippen LogP contribution in [-0.4, -0.2) is 31.3 Å². The van der Waals surface area contributed by atoms with Crippen molar-refractivity contribution in [2.75, 3.05) is 13.7 Å². The maximum absolute atomic E-state index is 11.6. The molecule has 0 fully saturated rings. The van der Waals surface area contributed by atoms with Gasteiger partial charge in [-0.25, -0.2) is 4.79 Å². The Morgan fingerprint density at radius 1 is 1.09 bits per heavy atom. The van der Waals surface area contributed by atoms with E-state index < -0.39 is 11.7 Å². The van der Waals surface area contributed by atoms with Crippen LogP contribution < -0.4 is 5.32 Å². The number of hydrogen-bond donors (Lipinski definition) is 1. The zero-order valence-electron chi connectivity index (χ0n) is 13.8. The van der Waals surface area contributed by atoms with E-state index in [-0.39, 0.29) is 5.97 Å². The van der Waals surface area contributed by atoms with Gasteiger partial charge in [0.25, 0.3) is 0 Å². The minimum absolute atomic E-state index is 0.221. The van der Waals surface area contributed by atoms with Crippen molar-refractivity contribution < 1.29 is 19.1 Å². The van der Waals surface area contributed by atoms with Crippen LogP contribution in [0, 0.1) is 0 Å².